The van der Waals surface area contributed by atoms with Crippen molar-refractivity contribution in [3.8, 4) is 0 Å². The van der Waals surface area contributed by atoms with E-state index in [9.17, 15) is 14.4 Å². The summed E-state index contributed by atoms with van der Waals surface area (Å²) in [7, 11) is 0. The van der Waals surface area contributed by atoms with Crippen LogP contribution >= 0.6 is 12.6 Å². The van der Waals surface area contributed by atoms with Gasteiger partial charge in [0.05, 0.1) is 0 Å². The molecule has 0 radical (unpaired) electrons. The average molecular weight is 261 g/mol. The summed E-state index contributed by atoms with van der Waals surface area (Å²) in [6, 6.07) is -0.816. The van der Waals surface area contributed by atoms with E-state index in [2.05, 4.69) is 17.9 Å². The first-order valence-corrected chi connectivity index (χ1v) is 5.40. The van der Waals surface area contributed by atoms with Gasteiger partial charge in [-0.05, 0) is 13.0 Å². The van der Waals surface area contributed by atoms with Gasteiger partial charge in [-0.1, -0.05) is 0 Å². The summed E-state index contributed by atoms with van der Waals surface area (Å²) in [5, 5.41) is 10.1. The average Bonchev–Trinajstić information content (AvgIpc) is 2.57. The van der Waals surface area contributed by atoms with Gasteiger partial charge in [0.2, 0.25) is 0 Å². The van der Waals surface area contributed by atoms with E-state index in [1.807, 2.05) is 0 Å². The molecule has 0 spiro atoms. The maximum Gasteiger partial charge on any atom is 0.321 e. The van der Waals surface area contributed by atoms with E-state index < -0.39 is 12.0 Å². The fourth-order valence-corrected chi connectivity index (χ4v) is 1.03. The molecule has 0 saturated heterocycles. The molecule has 1 aliphatic rings. The van der Waals surface area contributed by atoms with E-state index >= 15 is 0 Å². The second-order valence-electron chi connectivity index (χ2n) is 3.15. The Hall–Kier alpha value is -1.38. The molecule has 0 unspecified atom stereocenters. The minimum absolute atomic E-state index is 0.190. The molecule has 0 fully saturated rings. The van der Waals surface area contributed by atoms with Crippen molar-refractivity contribution in [3.63, 3.8) is 0 Å². The summed E-state index contributed by atoms with van der Waals surface area (Å²) >= 11 is 3.65. The van der Waals surface area contributed by atoms with Crippen molar-refractivity contribution >= 4 is 30.4 Å². The van der Waals surface area contributed by atoms with Crippen LogP contribution in [0.1, 0.15) is 6.42 Å². The van der Waals surface area contributed by atoms with Crippen LogP contribution in [-0.4, -0.2) is 41.2 Å². The summed E-state index contributed by atoms with van der Waals surface area (Å²) < 4.78 is 0. The Morgan fingerprint density at radius 3 is 2.35 bits per heavy atom. The molecule has 0 aromatic heterocycles. The molecule has 0 aromatic carbocycles. The van der Waals surface area contributed by atoms with Crippen LogP contribution in [-0.2, 0) is 14.4 Å². The minimum atomic E-state index is -1.00. The lowest BCUT2D eigenvalue weighted by molar-refractivity contribution is -0.138. The van der Waals surface area contributed by atoms with Crippen LogP contribution in [0.25, 0.3) is 0 Å². The Bertz CT molecular complexity index is 343. The smallest absolute Gasteiger partial charge is 0.321 e. The van der Waals surface area contributed by atoms with E-state index in [-0.39, 0.29) is 17.6 Å². The van der Waals surface area contributed by atoms with Crippen LogP contribution in [0.3, 0.4) is 0 Å². The van der Waals surface area contributed by atoms with Crippen LogP contribution in [0.5, 0.6) is 0 Å². The second-order valence-corrected chi connectivity index (χ2v) is 3.52. The number of carboxylic acids is 1. The predicted octanol–water partition coefficient (Wildman–Crippen LogP) is -1.75. The van der Waals surface area contributed by atoms with Crippen molar-refractivity contribution < 1.29 is 19.5 Å². The maximum atomic E-state index is 10.7. The Morgan fingerprint density at radius 2 is 2.12 bits per heavy atom. The van der Waals surface area contributed by atoms with Gasteiger partial charge in [-0.2, -0.15) is 12.6 Å². The first-order valence-electron chi connectivity index (χ1n) is 4.77. The summed E-state index contributed by atoms with van der Waals surface area (Å²) in [6.45, 7) is 0.395. The molecule has 6 N–H and O–H groups in total. The molecule has 2 amide bonds. The highest BCUT2D eigenvalue weighted by molar-refractivity contribution is 7.80. The first-order chi connectivity index (χ1) is 7.92. The fourth-order valence-electron chi connectivity index (χ4n) is 0.871. The monoisotopic (exact) mass is 261 g/mol. The number of hydrogen-bond acceptors (Lipinski definition) is 6. The lowest BCUT2D eigenvalue weighted by Crippen LogP contribution is -2.31. The van der Waals surface area contributed by atoms with Crippen molar-refractivity contribution in [1.29, 1.82) is 0 Å². The SMILES string of the molecule is NCCC1=CC(=O)NC1=O.N[C@@H](CS)C(=O)O. The number of carbonyl (C=O) groups excluding carboxylic acids is 2. The second kappa shape index (κ2) is 7.82. The van der Waals surface area contributed by atoms with Gasteiger partial charge in [-0.25, -0.2) is 0 Å². The van der Waals surface area contributed by atoms with Gasteiger partial charge in [0.25, 0.3) is 11.8 Å². The van der Waals surface area contributed by atoms with Gasteiger partial charge in [-0.15, -0.1) is 0 Å². The molecule has 1 aliphatic heterocycles. The zero-order valence-electron chi connectivity index (χ0n) is 9.05. The van der Waals surface area contributed by atoms with Crippen molar-refractivity contribution in [2.24, 2.45) is 11.5 Å². The van der Waals surface area contributed by atoms with Crippen molar-refractivity contribution in [2.75, 3.05) is 12.3 Å². The molecule has 7 nitrogen and oxygen atoms in total. The molecule has 1 heterocycles. The number of carbonyl (C=O) groups is 3. The molecule has 0 bridgehead atoms. The minimum Gasteiger partial charge on any atom is -0.480 e. The highest BCUT2D eigenvalue weighted by atomic mass is 32.1. The van der Waals surface area contributed by atoms with Gasteiger partial charge >= 0.3 is 5.97 Å². The molecule has 8 heteroatoms. The molecule has 96 valence electrons. The Balaban J connectivity index is 0.000000325. The molecular formula is C9H15N3O4S. The van der Waals surface area contributed by atoms with Crippen molar-refractivity contribution in [2.45, 2.75) is 12.5 Å². The molecule has 0 aliphatic carbocycles. The third-order valence-electron chi connectivity index (χ3n) is 1.76. The standard InChI is InChI=1S/C6H8N2O2.C3H7NO2S/c7-2-1-4-3-5(9)8-6(4)10;4-2(1-7)3(5)6/h3H,1-2,7H2,(H,8,9,10);2,7H,1,4H2,(H,5,6)/t;2-/m.0/s1. The number of hydrogen-bond donors (Lipinski definition) is 5. The predicted molar refractivity (Wildman–Crippen MR) is 64.4 cm³/mol. The van der Waals surface area contributed by atoms with E-state index in [4.69, 9.17) is 16.6 Å². The normalized spacial score (nSPS) is 15.6. The molecular weight excluding hydrogens is 246 g/mol. The largest absolute Gasteiger partial charge is 0.480 e. The van der Waals surface area contributed by atoms with E-state index in [1.165, 1.54) is 6.08 Å². The Labute approximate surface area is 104 Å². The highest BCUT2D eigenvalue weighted by Gasteiger charge is 2.18. The molecule has 0 aromatic rings. The van der Waals surface area contributed by atoms with Gasteiger partial charge in [-0.3, -0.25) is 19.7 Å². The number of imide groups is 1. The van der Waals surface area contributed by atoms with Gasteiger partial charge < -0.3 is 16.6 Å². The summed E-state index contributed by atoms with van der Waals surface area (Å²) in [5.41, 5.74) is 10.6. The lowest BCUT2D eigenvalue weighted by atomic mass is 10.2. The molecule has 0 saturated carbocycles. The van der Waals surface area contributed by atoms with Crippen LogP contribution in [0.2, 0.25) is 0 Å². The number of thiol groups is 1. The van der Waals surface area contributed by atoms with Crippen LogP contribution < -0.4 is 16.8 Å². The van der Waals surface area contributed by atoms with E-state index in [0.717, 1.165) is 0 Å². The Morgan fingerprint density at radius 1 is 1.53 bits per heavy atom. The van der Waals surface area contributed by atoms with Crippen molar-refractivity contribution in [3.05, 3.63) is 11.6 Å². The maximum absolute atomic E-state index is 10.7. The first kappa shape index (κ1) is 15.6. The van der Waals surface area contributed by atoms with Crippen LogP contribution in [0.4, 0.5) is 0 Å². The molecule has 1 atom stereocenters. The van der Waals surface area contributed by atoms with Gasteiger partial charge in [0, 0.05) is 17.4 Å². The number of aliphatic carboxylic acids is 1. The third-order valence-corrected chi connectivity index (χ3v) is 2.15. The number of amides is 2. The molecule has 1 rings (SSSR count). The molecule has 17 heavy (non-hydrogen) atoms. The van der Waals surface area contributed by atoms with Crippen LogP contribution in [0.15, 0.2) is 11.6 Å². The third kappa shape index (κ3) is 6.05. The van der Waals surface area contributed by atoms with Gasteiger partial charge in [0.15, 0.2) is 0 Å². The number of nitrogens with two attached hydrogens (primary N) is 2. The summed E-state index contributed by atoms with van der Waals surface area (Å²) in [5.74, 6) is -1.46. The zero-order valence-corrected chi connectivity index (χ0v) is 9.94. The fraction of sp³-hybridized carbons (Fsp3) is 0.444. The van der Waals surface area contributed by atoms with Gasteiger partial charge in [0.1, 0.15) is 6.04 Å². The highest BCUT2D eigenvalue weighted by Crippen LogP contribution is 2.04. The number of rotatable bonds is 4. The zero-order chi connectivity index (χ0) is 13.4. The van der Waals surface area contributed by atoms with E-state index in [0.29, 0.717) is 18.5 Å². The summed E-state index contributed by atoms with van der Waals surface area (Å²) in [6.07, 6.45) is 1.76. The summed E-state index contributed by atoms with van der Waals surface area (Å²) in [4.78, 5) is 31.0. The number of nitrogens with one attached hydrogen (secondary N) is 1. The Kier molecular flexibility index (Phi) is 7.19. The van der Waals surface area contributed by atoms with Crippen LogP contribution in [0, 0.1) is 0 Å². The quantitative estimate of drug-likeness (QED) is 0.301. The topological polar surface area (TPSA) is 136 Å². The van der Waals surface area contributed by atoms with E-state index in [1.54, 1.807) is 0 Å². The van der Waals surface area contributed by atoms with Crippen molar-refractivity contribution in [1.82, 2.24) is 5.32 Å². The lowest BCUT2D eigenvalue weighted by Gasteiger charge is -1.96. The number of carboxylic acid groups (broad SMARTS) is 1.